The summed E-state index contributed by atoms with van der Waals surface area (Å²) in [4.78, 5) is 27.7. The van der Waals surface area contributed by atoms with E-state index in [0.717, 1.165) is 28.1 Å². The average Bonchev–Trinajstić information content (AvgIpc) is 3.30. The molecule has 0 aliphatic carbocycles. The first-order valence-electron chi connectivity index (χ1n) is 12.1. The monoisotopic (exact) mass is 534 g/mol. The Morgan fingerprint density at radius 1 is 1.05 bits per heavy atom. The number of rotatable bonds is 9. The number of alkyl halides is 3. The second-order valence-electron chi connectivity index (χ2n) is 8.97. The number of hydrogen-bond acceptors (Lipinski definition) is 4. The molecule has 10 heteroatoms. The lowest BCUT2D eigenvalue weighted by Gasteiger charge is -2.19. The number of H-pyrrole nitrogens is 1. The minimum atomic E-state index is -5.01. The van der Waals surface area contributed by atoms with Gasteiger partial charge in [0.05, 0.1) is 18.1 Å². The summed E-state index contributed by atoms with van der Waals surface area (Å²) in [5.41, 5.74) is 3.33. The first-order chi connectivity index (χ1) is 18.6. The molecule has 3 aromatic carbocycles. The molecule has 2 amide bonds. The quantitative estimate of drug-likeness (QED) is 0.259. The Morgan fingerprint density at radius 3 is 2.56 bits per heavy atom. The molecular weight excluding hydrogens is 509 g/mol. The maximum atomic E-state index is 13.3. The van der Waals surface area contributed by atoms with Gasteiger partial charge in [-0.15, -0.1) is 13.2 Å². The van der Waals surface area contributed by atoms with Crippen molar-refractivity contribution in [3.05, 3.63) is 89.6 Å². The number of aromatic nitrogens is 1. The number of carbonyl (C=O) groups excluding carboxylic acids is 2. The fraction of sp³-hybridized carbons (Fsp3) is 0.207. The molecule has 1 unspecified atom stereocenters. The summed E-state index contributed by atoms with van der Waals surface area (Å²) in [7, 11) is 0. The predicted octanol–water partition coefficient (Wildman–Crippen LogP) is 5.62. The van der Waals surface area contributed by atoms with Crippen LogP contribution in [-0.4, -0.2) is 29.2 Å². The minimum Gasteiger partial charge on any atom is -0.405 e. The molecule has 1 aromatic heterocycles. The van der Waals surface area contributed by atoms with Crippen LogP contribution in [0.3, 0.4) is 0 Å². The summed E-state index contributed by atoms with van der Waals surface area (Å²) in [6, 6.07) is 19.8. The van der Waals surface area contributed by atoms with Crippen LogP contribution in [0.15, 0.2) is 72.9 Å². The minimum absolute atomic E-state index is 0.0500. The normalized spacial score (nSPS) is 12.0. The molecule has 7 nitrogen and oxygen atoms in total. The van der Waals surface area contributed by atoms with Gasteiger partial charge >= 0.3 is 6.36 Å². The van der Waals surface area contributed by atoms with Gasteiger partial charge in [0.15, 0.2) is 0 Å². The summed E-state index contributed by atoms with van der Waals surface area (Å²) in [5.74, 6) is -1.65. The van der Waals surface area contributed by atoms with Crippen LogP contribution in [0, 0.1) is 11.3 Å². The smallest absolute Gasteiger partial charge is 0.405 e. The number of nitrogens with one attached hydrogen (secondary N) is 3. The van der Waals surface area contributed by atoms with Crippen molar-refractivity contribution >= 4 is 22.7 Å². The molecule has 39 heavy (non-hydrogen) atoms. The van der Waals surface area contributed by atoms with Gasteiger partial charge in [-0.2, -0.15) is 5.26 Å². The molecule has 0 saturated heterocycles. The number of halogens is 3. The molecule has 0 aliphatic rings. The number of ether oxygens (including phenoxy) is 1. The zero-order valence-electron chi connectivity index (χ0n) is 20.9. The molecular formula is C29H25F3N4O3. The van der Waals surface area contributed by atoms with Crippen molar-refractivity contribution in [2.45, 2.75) is 38.7 Å². The van der Waals surface area contributed by atoms with Gasteiger partial charge in [-0.1, -0.05) is 42.5 Å². The standard InChI is InChI=1S/C29H25F3N4O3/c1-18(37)34-16-19-5-4-6-20(13-19)21-9-10-27(39-29(30,31)32)25(15-21)28(38)36-23(11-12-33)14-22-17-35-26-8-3-2-7-24(22)26/h2-10,13,15,17,23,35H,11,14,16H2,1H3,(H,34,37)(H,36,38). The highest BCUT2D eigenvalue weighted by Crippen LogP contribution is 2.31. The molecule has 0 aliphatic heterocycles. The van der Waals surface area contributed by atoms with E-state index in [-0.39, 0.29) is 24.4 Å². The van der Waals surface area contributed by atoms with Gasteiger partial charge in [0, 0.05) is 36.6 Å². The number of benzene rings is 3. The number of nitriles is 1. The van der Waals surface area contributed by atoms with Crippen LogP contribution in [0.4, 0.5) is 13.2 Å². The van der Waals surface area contributed by atoms with Gasteiger partial charge in [-0.25, -0.2) is 0 Å². The highest BCUT2D eigenvalue weighted by Gasteiger charge is 2.33. The largest absolute Gasteiger partial charge is 0.573 e. The summed E-state index contributed by atoms with van der Waals surface area (Å²) in [6.07, 6.45) is -2.98. The van der Waals surface area contributed by atoms with Crippen molar-refractivity contribution in [3.8, 4) is 22.9 Å². The third-order valence-corrected chi connectivity index (χ3v) is 6.07. The lowest BCUT2D eigenvalue weighted by atomic mass is 9.99. The SMILES string of the molecule is CC(=O)NCc1cccc(-c2ccc(OC(F)(F)F)c(C(=O)NC(CC#N)Cc3c[nH]c4ccccc34)c2)c1. The summed E-state index contributed by atoms with van der Waals surface area (Å²) < 4.78 is 43.6. The van der Waals surface area contributed by atoms with Gasteiger partial charge in [0.25, 0.3) is 5.91 Å². The molecule has 200 valence electrons. The summed E-state index contributed by atoms with van der Waals surface area (Å²) >= 11 is 0. The lowest BCUT2D eigenvalue weighted by Crippen LogP contribution is -2.36. The second kappa shape index (κ2) is 11.7. The van der Waals surface area contributed by atoms with Crippen molar-refractivity contribution < 1.29 is 27.5 Å². The molecule has 1 heterocycles. The van der Waals surface area contributed by atoms with E-state index in [1.165, 1.54) is 19.1 Å². The molecule has 0 fully saturated rings. The van der Waals surface area contributed by atoms with Gasteiger partial charge in [0.2, 0.25) is 5.91 Å². The Bertz CT molecular complexity index is 1540. The van der Waals surface area contributed by atoms with Gasteiger partial charge < -0.3 is 20.4 Å². The van der Waals surface area contributed by atoms with Crippen LogP contribution in [0.1, 0.15) is 34.8 Å². The number of carbonyl (C=O) groups is 2. The summed E-state index contributed by atoms with van der Waals surface area (Å²) in [5, 5.41) is 15.7. The van der Waals surface area contributed by atoms with Crippen molar-refractivity contribution in [1.82, 2.24) is 15.6 Å². The Hall–Kier alpha value is -4.78. The van der Waals surface area contributed by atoms with Crippen LogP contribution >= 0.6 is 0 Å². The van der Waals surface area contributed by atoms with Crippen LogP contribution in [0.5, 0.6) is 5.75 Å². The van der Waals surface area contributed by atoms with Crippen LogP contribution in [-0.2, 0) is 17.8 Å². The topological polar surface area (TPSA) is 107 Å². The first kappa shape index (κ1) is 27.3. The van der Waals surface area contributed by atoms with Gasteiger partial charge in [-0.05, 0) is 52.9 Å². The van der Waals surface area contributed by atoms with Crippen molar-refractivity contribution in [1.29, 1.82) is 5.26 Å². The van der Waals surface area contributed by atoms with E-state index in [4.69, 9.17) is 0 Å². The number of nitrogens with zero attached hydrogens (tertiary/aromatic N) is 1. The van der Waals surface area contributed by atoms with E-state index in [0.29, 0.717) is 17.5 Å². The lowest BCUT2D eigenvalue weighted by molar-refractivity contribution is -0.274. The molecule has 4 aromatic rings. The van der Waals surface area contributed by atoms with Crippen LogP contribution < -0.4 is 15.4 Å². The predicted molar refractivity (Wildman–Crippen MR) is 140 cm³/mol. The molecule has 4 rings (SSSR count). The van der Waals surface area contributed by atoms with E-state index in [2.05, 4.69) is 20.4 Å². The number of para-hydroxylation sites is 1. The third kappa shape index (κ3) is 7.17. The molecule has 0 bridgehead atoms. The van der Waals surface area contributed by atoms with E-state index in [1.807, 2.05) is 30.3 Å². The van der Waals surface area contributed by atoms with Crippen molar-refractivity contribution in [2.24, 2.45) is 0 Å². The molecule has 0 radical (unpaired) electrons. The maximum Gasteiger partial charge on any atom is 0.573 e. The van der Waals surface area contributed by atoms with Crippen LogP contribution in [0.2, 0.25) is 0 Å². The summed E-state index contributed by atoms with van der Waals surface area (Å²) in [6.45, 7) is 1.67. The highest BCUT2D eigenvalue weighted by atomic mass is 19.4. The Balaban J connectivity index is 1.64. The fourth-order valence-electron chi connectivity index (χ4n) is 4.30. The number of aromatic amines is 1. The van der Waals surface area contributed by atoms with Crippen molar-refractivity contribution in [3.63, 3.8) is 0 Å². The average molecular weight is 535 g/mol. The second-order valence-corrected chi connectivity index (χ2v) is 8.97. The Labute approximate surface area is 222 Å². The first-order valence-corrected chi connectivity index (χ1v) is 12.1. The Kier molecular flexibility index (Phi) is 8.20. The van der Waals surface area contributed by atoms with E-state index in [1.54, 1.807) is 30.5 Å². The van der Waals surface area contributed by atoms with E-state index in [9.17, 15) is 28.0 Å². The van der Waals surface area contributed by atoms with E-state index < -0.39 is 24.1 Å². The maximum absolute atomic E-state index is 13.3. The molecule has 1 atom stereocenters. The van der Waals surface area contributed by atoms with Crippen LogP contribution in [0.25, 0.3) is 22.0 Å². The van der Waals surface area contributed by atoms with Gasteiger partial charge in [0.1, 0.15) is 5.75 Å². The third-order valence-electron chi connectivity index (χ3n) is 6.07. The number of amides is 2. The molecule has 3 N–H and O–H groups in total. The Morgan fingerprint density at radius 2 is 1.82 bits per heavy atom. The number of hydrogen-bond donors (Lipinski definition) is 3. The highest BCUT2D eigenvalue weighted by molar-refractivity contribution is 5.98. The number of fused-ring (bicyclic) bond motifs is 1. The van der Waals surface area contributed by atoms with E-state index >= 15 is 0 Å². The van der Waals surface area contributed by atoms with Crippen molar-refractivity contribution in [2.75, 3.05) is 0 Å². The fourth-order valence-corrected chi connectivity index (χ4v) is 4.30. The molecule has 0 spiro atoms. The zero-order valence-corrected chi connectivity index (χ0v) is 20.9. The molecule has 0 saturated carbocycles. The van der Waals surface area contributed by atoms with Gasteiger partial charge in [-0.3, -0.25) is 9.59 Å². The zero-order chi connectivity index (χ0) is 28.0.